The van der Waals surface area contributed by atoms with Crippen molar-refractivity contribution in [2.45, 2.75) is 38.4 Å². The van der Waals surface area contributed by atoms with Crippen LogP contribution in [0.1, 0.15) is 26.2 Å². The lowest BCUT2D eigenvalue weighted by Gasteiger charge is -2.13. The lowest BCUT2D eigenvalue weighted by molar-refractivity contribution is -0.132. The fourth-order valence-electron chi connectivity index (χ4n) is 2.29. The van der Waals surface area contributed by atoms with Crippen LogP contribution >= 0.6 is 0 Å². The van der Waals surface area contributed by atoms with Crippen LogP contribution in [0.25, 0.3) is 0 Å². The van der Waals surface area contributed by atoms with Crippen molar-refractivity contribution < 1.29 is 17.9 Å². The molecule has 15 heavy (non-hydrogen) atoms. The van der Waals surface area contributed by atoms with Gasteiger partial charge in [-0.2, -0.15) is 0 Å². The summed E-state index contributed by atoms with van der Waals surface area (Å²) in [6.07, 6.45) is 1.91. The summed E-state index contributed by atoms with van der Waals surface area (Å²) in [5.74, 6) is -0.128. The highest BCUT2D eigenvalue weighted by molar-refractivity contribution is 7.91. The summed E-state index contributed by atoms with van der Waals surface area (Å²) >= 11 is 0. The summed E-state index contributed by atoms with van der Waals surface area (Å²) in [6, 6.07) is 0. The van der Waals surface area contributed by atoms with Gasteiger partial charge in [-0.25, -0.2) is 8.42 Å². The topological polar surface area (TPSA) is 60.4 Å². The number of rotatable bonds is 2. The van der Waals surface area contributed by atoms with Gasteiger partial charge in [0, 0.05) is 5.92 Å². The molecule has 0 aromatic carbocycles. The third-order valence-corrected chi connectivity index (χ3v) is 4.95. The van der Waals surface area contributed by atoms with Crippen molar-refractivity contribution in [3.05, 3.63) is 0 Å². The first-order valence-electron chi connectivity index (χ1n) is 5.37. The molecule has 3 unspecified atom stereocenters. The highest BCUT2D eigenvalue weighted by Gasteiger charge is 2.38. The largest absolute Gasteiger partial charge is 0.367 e. The molecule has 2 aliphatic rings. The number of carbonyl (C=O) groups excluding carboxylic acids is 1. The highest BCUT2D eigenvalue weighted by Crippen LogP contribution is 2.27. The fraction of sp³-hybridized carbons (Fsp3) is 0.900. The van der Waals surface area contributed by atoms with Crippen LogP contribution in [0.4, 0.5) is 0 Å². The molecule has 3 atom stereocenters. The minimum atomic E-state index is -2.96. The molecule has 0 saturated carbocycles. The van der Waals surface area contributed by atoms with Gasteiger partial charge in [-0.3, -0.25) is 4.79 Å². The number of ketones is 1. The van der Waals surface area contributed by atoms with E-state index >= 15 is 0 Å². The van der Waals surface area contributed by atoms with E-state index in [2.05, 4.69) is 0 Å². The highest BCUT2D eigenvalue weighted by atomic mass is 32.2. The zero-order valence-corrected chi connectivity index (χ0v) is 9.63. The van der Waals surface area contributed by atoms with Gasteiger partial charge in [0.25, 0.3) is 0 Å². The molecular weight excluding hydrogens is 216 g/mol. The van der Waals surface area contributed by atoms with E-state index < -0.39 is 9.84 Å². The molecule has 4 nitrogen and oxygen atoms in total. The maximum absolute atomic E-state index is 11.9. The predicted octanol–water partition coefficient (Wildman–Crippen LogP) is 0.558. The van der Waals surface area contributed by atoms with E-state index in [1.54, 1.807) is 0 Å². The van der Waals surface area contributed by atoms with Crippen LogP contribution < -0.4 is 0 Å². The number of hydrogen-bond donors (Lipinski definition) is 0. The maximum Gasteiger partial charge on any atom is 0.165 e. The summed E-state index contributed by atoms with van der Waals surface area (Å²) in [5, 5.41) is 0. The second kappa shape index (κ2) is 3.87. The Morgan fingerprint density at radius 1 is 1.27 bits per heavy atom. The molecule has 0 aromatic rings. The molecule has 2 rings (SSSR count). The molecule has 2 fully saturated rings. The van der Waals surface area contributed by atoms with Gasteiger partial charge in [0.05, 0.1) is 17.6 Å². The molecule has 0 aliphatic carbocycles. The quantitative estimate of drug-likeness (QED) is 0.698. The Morgan fingerprint density at radius 2 is 2.00 bits per heavy atom. The van der Waals surface area contributed by atoms with Crippen LogP contribution in [0.5, 0.6) is 0 Å². The molecular formula is C10H16O4S. The van der Waals surface area contributed by atoms with Gasteiger partial charge in [0.2, 0.25) is 0 Å². The van der Waals surface area contributed by atoms with Gasteiger partial charge in [-0.05, 0) is 26.2 Å². The van der Waals surface area contributed by atoms with Gasteiger partial charge < -0.3 is 4.74 Å². The number of hydrogen-bond acceptors (Lipinski definition) is 4. The molecule has 0 spiro atoms. The zero-order valence-electron chi connectivity index (χ0n) is 8.81. The van der Waals surface area contributed by atoms with Gasteiger partial charge in [0.1, 0.15) is 6.10 Å². The summed E-state index contributed by atoms with van der Waals surface area (Å²) in [7, 11) is -2.96. The Hall–Kier alpha value is -0.420. The second-order valence-electron chi connectivity index (χ2n) is 4.52. The third kappa shape index (κ3) is 2.39. The van der Waals surface area contributed by atoms with E-state index in [0.29, 0.717) is 6.42 Å². The third-order valence-electron chi connectivity index (χ3n) is 3.18. The van der Waals surface area contributed by atoms with Crippen molar-refractivity contribution in [1.29, 1.82) is 0 Å². The molecule has 86 valence electrons. The first-order valence-corrected chi connectivity index (χ1v) is 7.20. The average molecular weight is 232 g/mol. The van der Waals surface area contributed by atoms with Gasteiger partial charge in [-0.15, -0.1) is 0 Å². The fourth-order valence-corrected chi connectivity index (χ4v) is 4.05. The monoisotopic (exact) mass is 232 g/mol. The minimum Gasteiger partial charge on any atom is -0.367 e. The Kier molecular flexibility index (Phi) is 2.85. The van der Waals surface area contributed by atoms with Crippen LogP contribution in [0.3, 0.4) is 0 Å². The van der Waals surface area contributed by atoms with E-state index in [-0.39, 0.29) is 35.4 Å². The average Bonchev–Trinajstić information content (AvgIpc) is 2.71. The molecule has 0 radical (unpaired) electrons. The first kappa shape index (κ1) is 11.1. The molecule has 2 aliphatic heterocycles. The Labute approximate surface area is 89.9 Å². The molecule has 0 bridgehead atoms. The SMILES string of the molecule is CC1CCC(C(=O)C2CCS(=O)(=O)C2)O1. The first-order chi connectivity index (χ1) is 6.98. The molecule has 2 heterocycles. The van der Waals surface area contributed by atoms with E-state index in [1.165, 1.54) is 0 Å². The van der Waals surface area contributed by atoms with Gasteiger partial charge in [0.15, 0.2) is 15.6 Å². The maximum atomic E-state index is 11.9. The second-order valence-corrected chi connectivity index (χ2v) is 6.74. The van der Waals surface area contributed by atoms with Crippen LogP contribution in [-0.4, -0.2) is 37.9 Å². The number of carbonyl (C=O) groups is 1. The minimum absolute atomic E-state index is 0.000394. The van der Waals surface area contributed by atoms with Crippen LogP contribution in [0, 0.1) is 5.92 Å². The lowest BCUT2D eigenvalue weighted by Crippen LogP contribution is -2.29. The van der Waals surface area contributed by atoms with Crippen LogP contribution in [0.15, 0.2) is 0 Å². The van der Waals surface area contributed by atoms with E-state index in [0.717, 1.165) is 12.8 Å². The summed E-state index contributed by atoms with van der Waals surface area (Å²) in [4.78, 5) is 11.9. The van der Waals surface area contributed by atoms with Crippen molar-refractivity contribution in [1.82, 2.24) is 0 Å². The molecule has 0 N–H and O–H groups in total. The number of ether oxygens (including phenoxy) is 1. The summed E-state index contributed by atoms with van der Waals surface area (Å²) < 4.78 is 27.9. The van der Waals surface area contributed by atoms with Gasteiger partial charge >= 0.3 is 0 Å². The molecule has 0 amide bonds. The van der Waals surface area contributed by atoms with Crippen molar-refractivity contribution in [2.24, 2.45) is 5.92 Å². The molecule has 5 heteroatoms. The van der Waals surface area contributed by atoms with Crippen LogP contribution in [0.2, 0.25) is 0 Å². The van der Waals surface area contributed by atoms with Crippen molar-refractivity contribution in [2.75, 3.05) is 11.5 Å². The Morgan fingerprint density at radius 3 is 2.47 bits per heavy atom. The summed E-state index contributed by atoms with van der Waals surface area (Å²) in [6.45, 7) is 1.94. The standard InChI is InChI=1S/C10H16O4S/c1-7-2-3-9(14-7)10(11)8-4-5-15(12,13)6-8/h7-9H,2-6H2,1H3. The number of Topliss-reactive ketones (excluding diaryl/α,β-unsaturated/α-hetero) is 1. The smallest absolute Gasteiger partial charge is 0.165 e. The summed E-state index contributed by atoms with van der Waals surface area (Å²) in [5.41, 5.74) is 0. The Balaban J connectivity index is 1.98. The van der Waals surface area contributed by atoms with Gasteiger partial charge in [-0.1, -0.05) is 0 Å². The van der Waals surface area contributed by atoms with E-state index in [1.807, 2.05) is 6.92 Å². The molecule has 2 saturated heterocycles. The lowest BCUT2D eigenvalue weighted by atomic mass is 9.98. The predicted molar refractivity (Wildman–Crippen MR) is 55.3 cm³/mol. The molecule has 0 aromatic heterocycles. The van der Waals surface area contributed by atoms with Crippen LogP contribution in [-0.2, 0) is 19.4 Å². The van der Waals surface area contributed by atoms with Crippen molar-refractivity contribution in [3.8, 4) is 0 Å². The van der Waals surface area contributed by atoms with Crippen molar-refractivity contribution in [3.63, 3.8) is 0 Å². The van der Waals surface area contributed by atoms with Crippen molar-refractivity contribution >= 4 is 15.6 Å². The van der Waals surface area contributed by atoms with E-state index in [4.69, 9.17) is 4.74 Å². The normalized spacial score (nSPS) is 39.4. The zero-order chi connectivity index (χ0) is 11.1. The van der Waals surface area contributed by atoms with E-state index in [9.17, 15) is 13.2 Å². The Bertz CT molecular complexity index is 360. The number of sulfone groups is 1.